The molecule has 1 atom stereocenters. The molecule has 0 aliphatic carbocycles. The SMILES string of the molecule is NC(Cc1ccncc1)Cc1ccc(I)cc1. The second-order valence-corrected chi connectivity index (χ2v) is 5.40. The van der Waals surface area contributed by atoms with Crippen LogP contribution in [0, 0.1) is 3.57 Å². The van der Waals surface area contributed by atoms with Gasteiger partial charge in [0.15, 0.2) is 0 Å². The summed E-state index contributed by atoms with van der Waals surface area (Å²) in [5.41, 5.74) is 8.70. The Morgan fingerprint density at radius 1 is 0.941 bits per heavy atom. The maximum absolute atomic E-state index is 6.15. The highest BCUT2D eigenvalue weighted by atomic mass is 127. The standard InChI is InChI=1S/C14H15IN2/c15-13-3-1-11(2-4-13)9-14(16)10-12-5-7-17-8-6-12/h1-8,14H,9-10,16H2. The van der Waals surface area contributed by atoms with Crippen molar-refractivity contribution in [2.24, 2.45) is 5.73 Å². The molecular weight excluding hydrogens is 323 g/mol. The number of pyridine rings is 1. The lowest BCUT2D eigenvalue weighted by molar-refractivity contribution is 0.664. The third-order valence-electron chi connectivity index (χ3n) is 2.66. The molecule has 88 valence electrons. The van der Waals surface area contributed by atoms with Crippen molar-refractivity contribution in [1.29, 1.82) is 0 Å². The van der Waals surface area contributed by atoms with Crippen molar-refractivity contribution in [1.82, 2.24) is 4.98 Å². The summed E-state index contributed by atoms with van der Waals surface area (Å²) in [5, 5.41) is 0. The third kappa shape index (κ3) is 4.09. The van der Waals surface area contributed by atoms with Crippen molar-refractivity contribution in [3.8, 4) is 0 Å². The lowest BCUT2D eigenvalue weighted by Gasteiger charge is -2.11. The monoisotopic (exact) mass is 338 g/mol. The molecule has 3 heteroatoms. The van der Waals surface area contributed by atoms with Gasteiger partial charge < -0.3 is 5.73 Å². The summed E-state index contributed by atoms with van der Waals surface area (Å²) in [7, 11) is 0. The van der Waals surface area contributed by atoms with Gasteiger partial charge in [0, 0.05) is 22.0 Å². The topological polar surface area (TPSA) is 38.9 Å². The molecule has 2 rings (SSSR count). The van der Waals surface area contributed by atoms with Crippen LogP contribution in [-0.4, -0.2) is 11.0 Å². The van der Waals surface area contributed by atoms with E-state index in [0.717, 1.165) is 12.8 Å². The number of aromatic nitrogens is 1. The first-order valence-electron chi connectivity index (χ1n) is 5.63. The van der Waals surface area contributed by atoms with E-state index < -0.39 is 0 Å². The second kappa shape index (κ2) is 6.12. The van der Waals surface area contributed by atoms with Gasteiger partial charge >= 0.3 is 0 Å². The summed E-state index contributed by atoms with van der Waals surface area (Å²) in [5.74, 6) is 0. The molecule has 0 radical (unpaired) electrons. The molecule has 0 aliphatic heterocycles. The predicted molar refractivity (Wildman–Crippen MR) is 78.8 cm³/mol. The molecule has 1 unspecified atom stereocenters. The maximum atomic E-state index is 6.15. The van der Waals surface area contributed by atoms with E-state index >= 15 is 0 Å². The number of halogens is 1. The normalized spacial score (nSPS) is 12.4. The first-order chi connectivity index (χ1) is 8.24. The Morgan fingerprint density at radius 2 is 1.47 bits per heavy atom. The van der Waals surface area contributed by atoms with Crippen molar-refractivity contribution in [3.05, 3.63) is 63.5 Å². The Labute approximate surface area is 115 Å². The molecule has 2 aromatic rings. The highest BCUT2D eigenvalue weighted by molar-refractivity contribution is 14.1. The van der Waals surface area contributed by atoms with E-state index in [0.29, 0.717) is 0 Å². The Morgan fingerprint density at radius 3 is 2.06 bits per heavy atom. The molecule has 0 aliphatic rings. The van der Waals surface area contributed by atoms with Crippen LogP contribution in [0.4, 0.5) is 0 Å². The Balaban J connectivity index is 1.93. The summed E-state index contributed by atoms with van der Waals surface area (Å²) < 4.78 is 1.26. The van der Waals surface area contributed by atoms with Crippen LogP contribution in [0.5, 0.6) is 0 Å². The Bertz CT molecular complexity index is 453. The summed E-state index contributed by atoms with van der Waals surface area (Å²) in [4.78, 5) is 4.00. The van der Waals surface area contributed by atoms with Crippen LogP contribution in [0.2, 0.25) is 0 Å². The van der Waals surface area contributed by atoms with Gasteiger partial charge in [-0.25, -0.2) is 0 Å². The van der Waals surface area contributed by atoms with E-state index in [-0.39, 0.29) is 6.04 Å². The average molecular weight is 338 g/mol. The van der Waals surface area contributed by atoms with Gasteiger partial charge in [0.25, 0.3) is 0 Å². The lowest BCUT2D eigenvalue weighted by atomic mass is 10.0. The van der Waals surface area contributed by atoms with Gasteiger partial charge in [-0.05, 0) is 70.8 Å². The summed E-state index contributed by atoms with van der Waals surface area (Å²) in [6, 6.07) is 12.7. The Hall–Kier alpha value is -0.940. The molecule has 0 saturated carbocycles. The molecular formula is C14H15IN2. The van der Waals surface area contributed by atoms with Crippen LogP contribution in [0.3, 0.4) is 0 Å². The largest absolute Gasteiger partial charge is 0.327 e. The predicted octanol–water partition coefficient (Wildman–Crippen LogP) is 2.80. The van der Waals surface area contributed by atoms with Crippen molar-refractivity contribution in [2.75, 3.05) is 0 Å². The van der Waals surface area contributed by atoms with Crippen LogP contribution in [0.15, 0.2) is 48.8 Å². The molecule has 2 N–H and O–H groups in total. The molecule has 0 saturated heterocycles. The van der Waals surface area contributed by atoms with Crippen molar-refractivity contribution >= 4 is 22.6 Å². The van der Waals surface area contributed by atoms with Crippen molar-refractivity contribution in [3.63, 3.8) is 0 Å². The zero-order chi connectivity index (χ0) is 12.1. The van der Waals surface area contributed by atoms with E-state index in [1.165, 1.54) is 14.7 Å². The van der Waals surface area contributed by atoms with Gasteiger partial charge in [-0.2, -0.15) is 0 Å². The number of hydrogen-bond acceptors (Lipinski definition) is 2. The second-order valence-electron chi connectivity index (χ2n) is 4.15. The summed E-state index contributed by atoms with van der Waals surface area (Å²) in [6.45, 7) is 0. The van der Waals surface area contributed by atoms with Gasteiger partial charge in [-0.15, -0.1) is 0 Å². The molecule has 0 spiro atoms. The fourth-order valence-electron chi connectivity index (χ4n) is 1.82. The van der Waals surface area contributed by atoms with Crippen LogP contribution >= 0.6 is 22.6 Å². The third-order valence-corrected chi connectivity index (χ3v) is 3.38. The molecule has 2 nitrogen and oxygen atoms in total. The first-order valence-corrected chi connectivity index (χ1v) is 6.71. The molecule has 17 heavy (non-hydrogen) atoms. The van der Waals surface area contributed by atoms with E-state index in [2.05, 4.69) is 51.8 Å². The minimum atomic E-state index is 0.164. The molecule has 1 aromatic carbocycles. The molecule has 0 amide bonds. The number of benzene rings is 1. The summed E-state index contributed by atoms with van der Waals surface area (Å²) in [6.07, 6.45) is 5.44. The van der Waals surface area contributed by atoms with Crippen LogP contribution in [0.1, 0.15) is 11.1 Å². The molecule has 1 heterocycles. The quantitative estimate of drug-likeness (QED) is 0.871. The van der Waals surface area contributed by atoms with E-state index in [4.69, 9.17) is 5.73 Å². The fraction of sp³-hybridized carbons (Fsp3) is 0.214. The zero-order valence-electron chi connectivity index (χ0n) is 9.51. The number of nitrogens with two attached hydrogens (primary N) is 1. The van der Waals surface area contributed by atoms with E-state index in [1.807, 2.05) is 24.5 Å². The van der Waals surface area contributed by atoms with Gasteiger partial charge in [-0.3, -0.25) is 4.98 Å². The smallest absolute Gasteiger partial charge is 0.0270 e. The number of nitrogens with zero attached hydrogens (tertiary/aromatic N) is 1. The molecule has 0 fully saturated rings. The van der Waals surface area contributed by atoms with Gasteiger partial charge in [-0.1, -0.05) is 12.1 Å². The first kappa shape index (κ1) is 12.5. The van der Waals surface area contributed by atoms with Crippen molar-refractivity contribution in [2.45, 2.75) is 18.9 Å². The van der Waals surface area contributed by atoms with E-state index in [9.17, 15) is 0 Å². The highest BCUT2D eigenvalue weighted by Gasteiger charge is 2.05. The van der Waals surface area contributed by atoms with Crippen molar-refractivity contribution < 1.29 is 0 Å². The molecule has 0 bridgehead atoms. The maximum Gasteiger partial charge on any atom is 0.0270 e. The number of hydrogen-bond donors (Lipinski definition) is 1. The van der Waals surface area contributed by atoms with Gasteiger partial charge in [0.2, 0.25) is 0 Å². The highest BCUT2D eigenvalue weighted by Crippen LogP contribution is 2.10. The van der Waals surface area contributed by atoms with Gasteiger partial charge in [0.05, 0.1) is 0 Å². The molecule has 1 aromatic heterocycles. The minimum absolute atomic E-state index is 0.164. The average Bonchev–Trinajstić information content (AvgIpc) is 2.33. The minimum Gasteiger partial charge on any atom is -0.327 e. The van der Waals surface area contributed by atoms with Gasteiger partial charge in [0.1, 0.15) is 0 Å². The number of rotatable bonds is 4. The lowest BCUT2D eigenvalue weighted by Crippen LogP contribution is -2.25. The van der Waals surface area contributed by atoms with Crippen LogP contribution in [0.25, 0.3) is 0 Å². The zero-order valence-corrected chi connectivity index (χ0v) is 11.7. The van der Waals surface area contributed by atoms with E-state index in [1.54, 1.807) is 0 Å². The summed E-state index contributed by atoms with van der Waals surface area (Å²) >= 11 is 2.31. The Kier molecular flexibility index (Phi) is 4.50. The fourth-order valence-corrected chi connectivity index (χ4v) is 2.18. The van der Waals surface area contributed by atoms with Crippen LogP contribution < -0.4 is 5.73 Å². The van der Waals surface area contributed by atoms with Crippen LogP contribution in [-0.2, 0) is 12.8 Å².